The first-order valence-corrected chi connectivity index (χ1v) is 6.09. The molecule has 2 aromatic heterocycles. The Kier molecular flexibility index (Phi) is 2.40. The number of aromatic nitrogens is 4. The maximum absolute atomic E-state index is 6.04. The number of aryl methyl sites for hydroxylation is 2. The van der Waals surface area contributed by atoms with Crippen molar-refractivity contribution in [2.24, 2.45) is 0 Å². The van der Waals surface area contributed by atoms with E-state index in [1.807, 2.05) is 24.6 Å². The van der Waals surface area contributed by atoms with Crippen LogP contribution in [0.2, 0.25) is 5.15 Å². The van der Waals surface area contributed by atoms with Gasteiger partial charge in [-0.1, -0.05) is 11.6 Å². The van der Waals surface area contributed by atoms with Crippen molar-refractivity contribution in [3.8, 4) is 5.82 Å². The van der Waals surface area contributed by atoms with Crippen LogP contribution in [0.1, 0.15) is 36.0 Å². The Balaban J connectivity index is 2.10. The van der Waals surface area contributed by atoms with Crippen LogP contribution in [0.15, 0.2) is 12.1 Å². The Morgan fingerprint density at radius 3 is 2.59 bits per heavy atom. The lowest BCUT2D eigenvalue weighted by molar-refractivity contribution is 0.781. The SMILES string of the molecule is Cc1cc(C)n(-c2cc(Cl)nc(C3CC3)n2)n1. The Morgan fingerprint density at radius 2 is 2.00 bits per heavy atom. The summed E-state index contributed by atoms with van der Waals surface area (Å²) in [5, 5.41) is 4.90. The second-order valence-corrected chi connectivity index (χ2v) is 4.91. The van der Waals surface area contributed by atoms with Gasteiger partial charge in [-0.2, -0.15) is 5.10 Å². The van der Waals surface area contributed by atoms with Crippen molar-refractivity contribution < 1.29 is 0 Å². The number of rotatable bonds is 2. The third-order valence-electron chi connectivity index (χ3n) is 2.87. The monoisotopic (exact) mass is 248 g/mol. The van der Waals surface area contributed by atoms with Gasteiger partial charge in [0.2, 0.25) is 0 Å². The van der Waals surface area contributed by atoms with E-state index in [9.17, 15) is 0 Å². The minimum Gasteiger partial charge on any atom is -0.221 e. The normalized spacial score (nSPS) is 15.2. The van der Waals surface area contributed by atoms with Gasteiger partial charge < -0.3 is 0 Å². The Labute approximate surface area is 105 Å². The van der Waals surface area contributed by atoms with E-state index in [1.165, 1.54) is 0 Å². The van der Waals surface area contributed by atoms with Gasteiger partial charge >= 0.3 is 0 Å². The average molecular weight is 249 g/mol. The predicted molar refractivity (Wildman–Crippen MR) is 65.6 cm³/mol. The van der Waals surface area contributed by atoms with Gasteiger partial charge in [-0.25, -0.2) is 14.6 Å². The Hall–Kier alpha value is -1.42. The van der Waals surface area contributed by atoms with Gasteiger partial charge in [-0.05, 0) is 32.8 Å². The highest BCUT2D eigenvalue weighted by atomic mass is 35.5. The number of hydrogen-bond donors (Lipinski definition) is 0. The lowest BCUT2D eigenvalue weighted by Gasteiger charge is -2.06. The molecular formula is C12H13ClN4. The van der Waals surface area contributed by atoms with Crippen molar-refractivity contribution in [1.82, 2.24) is 19.7 Å². The van der Waals surface area contributed by atoms with Gasteiger partial charge in [0.15, 0.2) is 5.82 Å². The summed E-state index contributed by atoms with van der Waals surface area (Å²) in [6, 6.07) is 3.78. The fraction of sp³-hybridized carbons (Fsp3) is 0.417. The molecule has 0 amide bonds. The number of hydrogen-bond acceptors (Lipinski definition) is 3. The van der Waals surface area contributed by atoms with Gasteiger partial charge in [-0.3, -0.25) is 0 Å². The highest BCUT2D eigenvalue weighted by Crippen LogP contribution is 2.38. The van der Waals surface area contributed by atoms with E-state index in [4.69, 9.17) is 11.6 Å². The van der Waals surface area contributed by atoms with E-state index in [0.29, 0.717) is 11.1 Å². The van der Waals surface area contributed by atoms with Crippen molar-refractivity contribution in [2.75, 3.05) is 0 Å². The molecule has 1 aliphatic carbocycles. The topological polar surface area (TPSA) is 43.6 Å². The van der Waals surface area contributed by atoms with E-state index < -0.39 is 0 Å². The first-order valence-electron chi connectivity index (χ1n) is 5.71. The molecule has 0 aliphatic heterocycles. The standard InChI is InChI=1S/C12H13ClN4/c1-7-5-8(2)17(16-7)11-6-10(13)14-12(15-11)9-3-4-9/h5-6,9H,3-4H2,1-2H3. The second kappa shape index (κ2) is 3.81. The van der Waals surface area contributed by atoms with Gasteiger partial charge in [0, 0.05) is 17.7 Å². The molecular weight excluding hydrogens is 236 g/mol. The summed E-state index contributed by atoms with van der Waals surface area (Å²) in [5.74, 6) is 2.10. The molecule has 88 valence electrons. The largest absolute Gasteiger partial charge is 0.221 e. The van der Waals surface area contributed by atoms with Crippen molar-refractivity contribution >= 4 is 11.6 Å². The maximum atomic E-state index is 6.04. The molecule has 0 N–H and O–H groups in total. The molecule has 2 heterocycles. The highest BCUT2D eigenvalue weighted by Gasteiger charge is 2.27. The fourth-order valence-electron chi connectivity index (χ4n) is 1.92. The second-order valence-electron chi connectivity index (χ2n) is 4.52. The van der Waals surface area contributed by atoms with Gasteiger partial charge in [0.05, 0.1) is 5.69 Å². The van der Waals surface area contributed by atoms with Crippen LogP contribution in [0.25, 0.3) is 5.82 Å². The molecule has 0 spiro atoms. The zero-order valence-electron chi connectivity index (χ0n) is 9.81. The number of halogens is 1. The van der Waals surface area contributed by atoms with Crippen molar-refractivity contribution in [2.45, 2.75) is 32.6 Å². The smallest absolute Gasteiger partial charge is 0.158 e. The van der Waals surface area contributed by atoms with E-state index in [1.54, 1.807) is 6.07 Å². The molecule has 4 nitrogen and oxygen atoms in total. The minimum atomic E-state index is 0.490. The van der Waals surface area contributed by atoms with Gasteiger partial charge in [0.1, 0.15) is 11.0 Å². The minimum absolute atomic E-state index is 0.490. The summed E-state index contributed by atoms with van der Waals surface area (Å²) < 4.78 is 1.81. The Bertz CT molecular complexity index is 572. The molecule has 0 unspecified atom stereocenters. The Morgan fingerprint density at radius 1 is 1.24 bits per heavy atom. The summed E-state index contributed by atoms with van der Waals surface area (Å²) in [5.41, 5.74) is 2.03. The van der Waals surface area contributed by atoms with Gasteiger partial charge in [0.25, 0.3) is 0 Å². The third kappa shape index (κ3) is 2.05. The number of nitrogens with zero attached hydrogens (tertiary/aromatic N) is 4. The molecule has 0 saturated heterocycles. The van der Waals surface area contributed by atoms with Crippen molar-refractivity contribution in [3.05, 3.63) is 34.5 Å². The summed E-state index contributed by atoms with van der Waals surface area (Å²) in [4.78, 5) is 8.82. The van der Waals surface area contributed by atoms with Crippen LogP contribution >= 0.6 is 11.6 Å². The quantitative estimate of drug-likeness (QED) is 0.768. The van der Waals surface area contributed by atoms with Crippen LogP contribution in [0, 0.1) is 13.8 Å². The van der Waals surface area contributed by atoms with Crippen LogP contribution in [-0.4, -0.2) is 19.7 Å². The fourth-order valence-corrected chi connectivity index (χ4v) is 2.10. The maximum Gasteiger partial charge on any atom is 0.158 e. The van der Waals surface area contributed by atoms with E-state index >= 15 is 0 Å². The zero-order chi connectivity index (χ0) is 12.0. The van der Waals surface area contributed by atoms with E-state index in [-0.39, 0.29) is 0 Å². The van der Waals surface area contributed by atoms with Crippen LogP contribution in [0.4, 0.5) is 0 Å². The lowest BCUT2D eigenvalue weighted by Crippen LogP contribution is -2.05. The first kappa shape index (κ1) is 10.7. The molecule has 1 saturated carbocycles. The third-order valence-corrected chi connectivity index (χ3v) is 3.06. The summed E-state index contributed by atoms with van der Waals surface area (Å²) in [6.45, 7) is 3.97. The highest BCUT2D eigenvalue weighted by molar-refractivity contribution is 6.29. The van der Waals surface area contributed by atoms with E-state index in [2.05, 4.69) is 15.1 Å². The molecule has 0 bridgehead atoms. The summed E-state index contributed by atoms with van der Waals surface area (Å²) in [7, 11) is 0. The van der Waals surface area contributed by atoms with E-state index in [0.717, 1.165) is 35.9 Å². The average Bonchev–Trinajstić information content (AvgIpc) is 3.04. The van der Waals surface area contributed by atoms with Crippen LogP contribution < -0.4 is 0 Å². The van der Waals surface area contributed by atoms with Gasteiger partial charge in [-0.15, -0.1) is 0 Å². The molecule has 0 aromatic carbocycles. The molecule has 5 heteroatoms. The first-order chi connectivity index (χ1) is 8.13. The molecule has 2 aromatic rings. The lowest BCUT2D eigenvalue weighted by atomic mass is 10.4. The molecule has 0 radical (unpaired) electrons. The molecule has 3 rings (SSSR count). The molecule has 1 aliphatic rings. The van der Waals surface area contributed by atoms with Crippen molar-refractivity contribution in [1.29, 1.82) is 0 Å². The van der Waals surface area contributed by atoms with Crippen LogP contribution in [-0.2, 0) is 0 Å². The summed E-state index contributed by atoms with van der Waals surface area (Å²) >= 11 is 6.04. The van der Waals surface area contributed by atoms with Crippen LogP contribution in [0.5, 0.6) is 0 Å². The molecule has 1 fully saturated rings. The molecule has 17 heavy (non-hydrogen) atoms. The van der Waals surface area contributed by atoms with Crippen LogP contribution in [0.3, 0.4) is 0 Å². The molecule has 0 atom stereocenters. The summed E-state index contributed by atoms with van der Waals surface area (Å²) in [6.07, 6.45) is 2.33. The van der Waals surface area contributed by atoms with Crippen molar-refractivity contribution in [3.63, 3.8) is 0 Å². The zero-order valence-corrected chi connectivity index (χ0v) is 10.6. The predicted octanol–water partition coefficient (Wildman–Crippen LogP) is 2.81.